The zero-order valence-corrected chi connectivity index (χ0v) is 11.5. The van der Waals surface area contributed by atoms with Gasteiger partial charge in [-0.15, -0.1) is 0 Å². The number of hydrogen-bond acceptors (Lipinski definition) is 3. The van der Waals surface area contributed by atoms with Gasteiger partial charge < -0.3 is 20.1 Å². The van der Waals surface area contributed by atoms with E-state index in [1.807, 2.05) is 13.8 Å². The topological polar surface area (TPSA) is 78.9 Å². The lowest BCUT2D eigenvalue weighted by molar-refractivity contribution is -0.141. The van der Waals surface area contributed by atoms with Crippen LogP contribution in [0.2, 0.25) is 0 Å². The number of urea groups is 1. The van der Waals surface area contributed by atoms with Crippen molar-refractivity contribution >= 4 is 12.0 Å². The average Bonchev–Trinajstić information content (AvgIpc) is 2.76. The van der Waals surface area contributed by atoms with Crippen molar-refractivity contribution < 1.29 is 19.4 Å². The first kappa shape index (κ1) is 14.1. The molecule has 0 aromatic carbocycles. The highest BCUT2D eigenvalue weighted by Crippen LogP contribution is 2.26. The van der Waals surface area contributed by atoms with Gasteiger partial charge >= 0.3 is 12.0 Å². The molecule has 0 spiro atoms. The average molecular weight is 270 g/mol. The Morgan fingerprint density at radius 2 is 2.11 bits per heavy atom. The number of carboxylic acid groups (broad SMARTS) is 1. The molecule has 1 aliphatic carbocycles. The van der Waals surface area contributed by atoms with Crippen LogP contribution in [-0.2, 0) is 9.53 Å². The minimum absolute atomic E-state index is 0.0143. The normalized spacial score (nSPS) is 30.1. The zero-order chi connectivity index (χ0) is 14.0. The van der Waals surface area contributed by atoms with Gasteiger partial charge in [-0.2, -0.15) is 0 Å². The Balaban J connectivity index is 1.83. The van der Waals surface area contributed by atoms with Crippen LogP contribution >= 0.6 is 0 Å². The van der Waals surface area contributed by atoms with Crippen LogP contribution in [0, 0.1) is 5.92 Å². The summed E-state index contributed by atoms with van der Waals surface area (Å²) in [5.74, 6) is -1.07. The van der Waals surface area contributed by atoms with Crippen LogP contribution in [0.25, 0.3) is 0 Å². The maximum absolute atomic E-state index is 12.1. The molecular formula is C13H22N2O4. The number of nitrogens with one attached hydrogen (secondary N) is 1. The molecule has 0 radical (unpaired) electrons. The summed E-state index contributed by atoms with van der Waals surface area (Å²) in [5.41, 5.74) is -0.311. The van der Waals surface area contributed by atoms with Gasteiger partial charge in [0.1, 0.15) is 0 Å². The molecule has 2 aliphatic rings. The zero-order valence-electron chi connectivity index (χ0n) is 11.5. The second-order valence-corrected chi connectivity index (χ2v) is 6.02. The molecule has 2 atom stereocenters. The Labute approximate surface area is 113 Å². The number of amides is 2. The van der Waals surface area contributed by atoms with Gasteiger partial charge in [0.2, 0.25) is 0 Å². The van der Waals surface area contributed by atoms with Crippen LogP contribution in [0.15, 0.2) is 0 Å². The highest BCUT2D eigenvalue weighted by molar-refractivity contribution is 5.75. The molecule has 0 aromatic rings. The first-order valence-electron chi connectivity index (χ1n) is 6.79. The van der Waals surface area contributed by atoms with Crippen molar-refractivity contribution in [1.82, 2.24) is 10.2 Å². The lowest BCUT2D eigenvalue weighted by Gasteiger charge is -2.38. The molecule has 6 nitrogen and oxygen atoms in total. The van der Waals surface area contributed by atoms with Crippen molar-refractivity contribution in [3.63, 3.8) is 0 Å². The Bertz CT molecular complexity index is 370. The number of carboxylic acids is 1. The lowest BCUT2D eigenvalue weighted by atomic mass is 10.1. The molecule has 6 heteroatoms. The van der Waals surface area contributed by atoms with E-state index in [4.69, 9.17) is 9.84 Å². The fourth-order valence-electron chi connectivity index (χ4n) is 2.79. The number of carbonyl (C=O) groups excluding carboxylic acids is 1. The molecule has 2 fully saturated rings. The molecule has 2 N–H and O–H groups in total. The molecule has 1 saturated heterocycles. The van der Waals surface area contributed by atoms with E-state index in [9.17, 15) is 9.59 Å². The van der Waals surface area contributed by atoms with Crippen LogP contribution in [0.1, 0.15) is 33.1 Å². The Hall–Kier alpha value is -1.30. The Morgan fingerprint density at radius 1 is 1.37 bits per heavy atom. The van der Waals surface area contributed by atoms with Gasteiger partial charge in [-0.25, -0.2) is 4.79 Å². The molecule has 2 amide bonds. The third-order valence-corrected chi connectivity index (χ3v) is 3.82. The Morgan fingerprint density at radius 3 is 2.68 bits per heavy atom. The van der Waals surface area contributed by atoms with Crippen molar-refractivity contribution in [3.05, 3.63) is 0 Å². The van der Waals surface area contributed by atoms with Gasteiger partial charge in [0.15, 0.2) is 0 Å². The summed E-state index contributed by atoms with van der Waals surface area (Å²) < 4.78 is 5.56. The summed E-state index contributed by atoms with van der Waals surface area (Å²) in [6, 6.07) is -0.119. The van der Waals surface area contributed by atoms with Crippen LogP contribution in [-0.4, -0.2) is 53.3 Å². The van der Waals surface area contributed by atoms with Crippen molar-refractivity contribution in [2.24, 2.45) is 5.92 Å². The van der Waals surface area contributed by atoms with Crippen LogP contribution in [0.4, 0.5) is 4.79 Å². The van der Waals surface area contributed by atoms with E-state index in [0.717, 1.165) is 6.42 Å². The SMILES string of the molecule is CC1(C)CN(C(=O)N[C@H]2CC[C@@H](C(=O)O)C2)CCO1. The van der Waals surface area contributed by atoms with E-state index >= 15 is 0 Å². The third-order valence-electron chi connectivity index (χ3n) is 3.82. The van der Waals surface area contributed by atoms with Gasteiger partial charge in [0.25, 0.3) is 0 Å². The van der Waals surface area contributed by atoms with E-state index in [2.05, 4.69) is 5.32 Å². The van der Waals surface area contributed by atoms with Crippen molar-refractivity contribution in [1.29, 1.82) is 0 Å². The molecule has 1 heterocycles. The van der Waals surface area contributed by atoms with Gasteiger partial charge in [0, 0.05) is 12.6 Å². The predicted octanol–water partition coefficient (Wildman–Crippen LogP) is 1.06. The van der Waals surface area contributed by atoms with Gasteiger partial charge in [-0.1, -0.05) is 0 Å². The standard InChI is InChI=1S/C13H22N2O4/c1-13(2)8-15(5-6-19-13)12(18)14-10-4-3-9(7-10)11(16)17/h9-10H,3-8H2,1-2H3,(H,14,18)(H,16,17)/t9-,10+/m1/s1. The van der Waals surface area contributed by atoms with E-state index in [1.165, 1.54) is 0 Å². The summed E-state index contributed by atoms with van der Waals surface area (Å²) in [7, 11) is 0. The molecular weight excluding hydrogens is 248 g/mol. The quantitative estimate of drug-likeness (QED) is 0.786. The maximum Gasteiger partial charge on any atom is 0.317 e. The minimum Gasteiger partial charge on any atom is -0.481 e. The maximum atomic E-state index is 12.1. The molecule has 19 heavy (non-hydrogen) atoms. The summed E-state index contributed by atoms with van der Waals surface area (Å²) >= 11 is 0. The number of carbonyl (C=O) groups is 2. The second-order valence-electron chi connectivity index (χ2n) is 6.02. The van der Waals surface area contributed by atoms with Gasteiger partial charge in [-0.3, -0.25) is 4.79 Å². The summed E-state index contributed by atoms with van der Waals surface area (Å²) in [6.07, 6.45) is 1.93. The fourth-order valence-corrected chi connectivity index (χ4v) is 2.79. The van der Waals surface area contributed by atoms with E-state index in [0.29, 0.717) is 32.5 Å². The highest BCUT2D eigenvalue weighted by atomic mass is 16.5. The number of hydrogen-bond donors (Lipinski definition) is 2. The second kappa shape index (κ2) is 5.36. The first-order chi connectivity index (χ1) is 8.87. The minimum atomic E-state index is -0.760. The first-order valence-corrected chi connectivity index (χ1v) is 6.79. The fraction of sp³-hybridized carbons (Fsp3) is 0.846. The predicted molar refractivity (Wildman–Crippen MR) is 68.9 cm³/mol. The smallest absolute Gasteiger partial charge is 0.317 e. The number of ether oxygens (including phenoxy) is 1. The number of morpholine rings is 1. The largest absolute Gasteiger partial charge is 0.481 e. The van der Waals surface area contributed by atoms with Crippen molar-refractivity contribution in [2.45, 2.75) is 44.8 Å². The molecule has 0 unspecified atom stereocenters. The van der Waals surface area contributed by atoms with Crippen LogP contribution in [0.3, 0.4) is 0 Å². The van der Waals surface area contributed by atoms with E-state index < -0.39 is 5.97 Å². The Kier molecular flexibility index (Phi) is 3.99. The molecule has 2 rings (SSSR count). The van der Waals surface area contributed by atoms with Crippen molar-refractivity contribution in [3.8, 4) is 0 Å². The van der Waals surface area contributed by atoms with Crippen LogP contribution < -0.4 is 5.32 Å². The highest BCUT2D eigenvalue weighted by Gasteiger charge is 2.34. The van der Waals surface area contributed by atoms with E-state index in [1.54, 1.807) is 4.90 Å². The summed E-state index contributed by atoms with van der Waals surface area (Å²) in [4.78, 5) is 24.8. The van der Waals surface area contributed by atoms with Gasteiger partial charge in [0.05, 0.1) is 24.7 Å². The number of nitrogens with zero attached hydrogens (tertiary/aromatic N) is 1. The summed E-state index contributed by atoms with van der Waals surface area (Å²) in [6.45, 7) is 5.62. The van der Waals surface area contributed by atoms with Crippen LogP contribution in [0.5, 0.6) is 0 Å². The molecule has 108 valence electrons. The molecule has 0 aromatic heterocycles. The number of aliphatic carboxylic acids is 1. The monoisotopic (exact) mass is 270 g/mol. The molecule has 1 aliphatic heterocycles. The summed E-state index contributed by atoms with van der Waals surface area (Å²) in [5, 5.41) is 11.9. The molecule has 0 bridgehead atoms. The third kappa shape index (κ3) is 3.59. The number of rotatable bonds is 2. The van der Waals surface area contributed by atoms with E-state index in [-0.39, 0.29) is 23.6 Å². The van der Waals surface area contributed by atoms with Gasteiger partial charge in [-0.05, 0) is 33.1 Å². The molecule has 1 saturated carbocycles. The van der Waals surface area contributed by atoms with Crippen molar-refractivity contribution in [2.75, 3.05) is 19.7 Å². The lowest BCUT2D eigenvalue weighted by Crippen LogP contribution is -2.54.